The van der Waals surface area contributed by atoms with Gasteiger partial charge in [0.1, 0.15) is 5.75 Å². The van der Waals surface area contributed by atoms with Gasteiger partial charge in [-0.3, -0.25) is 4.79 Å². The Balaban J connectivity index is 1.90. The Morgan fingerprint density at radius 2 is 2.26 bits per heavy atom. The van der Waals surface area contributed by atoms with Crippen molar-refractivity contribution in [1.82, 2.24) is 10.2 Å². The van der Waals surface area contributed by atoms with Gasteiger partial charge in [0, 0.05) is 29.0 Å². The molecule has 4 nitrogen and oxygen atoms in total. The van der Waals surface area contributed by atoms with E-state index in [1.807, 2.05) is 6.07 Å². The summed E-state index contributed by atoms with van der Waals surface area (Å²) in [6.45, 7) is 0.647. The van der Waals surface area contributed by atoms with Gasteiger partial charge in [0.15, 0.2) is 5.78 Å². The van der Waals surface area contributed by atoms with Crippen LogP contribution in [0.2, 0.25) is 5.02 Å². The van der Waals surface area contributed by atoms with Crippen LogP contribution in [-0.4, -0.2) is 22.6 Å². The Kier molecular flexibility index (Phi) is 3.17. The fraction of sp³-hybridized carbons (Fsp3) is 0.214. The number of benzene rings is 1. The fourth-order valence-electron chi connectivity index (χ4n) is 2.21. The van der Waals surface area contributed by atoms with Gasteiger partial charge in [0.05, 0.1) is 19.0 Å². The third kappa shape index (κ3) is 2.44. The number of carbonyl (C=O) groups is 1. The first-order valence-corrected chi connectivity index (χ1v) is 6.36. The number of Topliss-reactive ketones (excluding diaryl/α,β-unsaturated/α-hetero) is 1. The molecule has 3 rings (SSSR count). The highest BCUT2D eigenvalue weighted by Gasteiger charge is 2.19. The summed E-state index contributed by atoms with van der Waals surface area (Å²) in [5.41, 5.74) is 2.45. The molecular weight excluding hydrogens is 264 g/mol. The zero-order chi connectivity index (χ0) is 13.2. The second-order valence-corrected chi connectivity index (χ2v) is 4.82. The molecule has 1 aliphatic heterocycles. The number of rotatable bonds is 3. The van der Waals surface area contributed by atoms with Crippen molar-refractivity contribution in [2.45, 2.75) is 12.8 Å². The van der Waals surface area contributed by atoms with Crippen molar-refractivity contribution in [2.75, 3.05) is 6.61 Å². The molecule has 0 saturated heterocycles. The number of halogens is 1. The predicted octanol–water partition coefficient (Wildman–Crippen LogP) is 2.49. The molecule has 0 amide bonds. The number of carbonyl (C=O) groups excluding carboxylic acids is 1. The van der Waals surface area contributed by atoms with Gasteiger partial charge < -0.3 is 4.74 Å². The maximum absolute atomic E-state index is 12.2. The van der Waals surface area contributed by atoms with E-state index in [-0.39, 0.29) is 12.2 Å². The Bertz CT molecular complexity index is 629. The number of ether oxygens (including phenoxy) is 1. The van der Waals surface area contributed by atoms with Crippen LogP contribution in [0.1, 0.15) is 21.5 Å². The Morgan fingerprint density at radius 1 is 1.37 bits per heavy atom. The van der Waals surface area contributed by atoms with E-state index < -0.39 is 0 Å². The van der Waals surface area contributed by atoms with Crippen molar-refractivity contribution in [3.8, 4) is 5.75 Å². The molecule has 0 unspecified atom stereocenters. The summed E-state index contributed by atoms with van der Waals surface area (Å²) in [7, 11) is 0. The molecule has 19 heavy (non-hydrogen) atoms. The minimum Gasteiger partial charge on any atom is -0.493 e. The van der Waals surface area contributed by atoms with Crippen LogP contribution < -0.4 is 4.74 Å². The molecule has 0 radical (unpaired) electrons. The molecule has 96 valence electrons. The number of fused-ring (bicyclic) bond motifs is 1. The van der Waals surface area contributed by atoms with Gasteiger partial charge in [-0.05, 0) is 23.8 Å². The van der Waals surface area contributed by atoms with E-state index in [9.17, 15) is 4.79 Å². The number of hydrogen-bond donors (Lipinski definition) is 0. The highest BCUT2D eigenvalue weighted by Crippen LogP contribution is 2.33. The second kappa shape index (κ2) is 4.97. The molecule has 0 saturated carbocycles. The van der Waals surface area contributed by atoms with Crippen molar-refractivity contribution < 1.29 is 9.53 Å². The zero-order valence-electron chi connectivity index (χ0n) is 10.1. The SMILES string of the molecule is O=C(Cc1cc(Cl)cc2c1OCC2)c1ccnnc1. The van der Waals surface area contributed by atoms with Crippen molar-refractivity contribution in [1.29, 1.82) is 0 Å². The van der Waals surface area contributed by atoms with E-state index in [2.05, 4.69) is 10.2 Å². The van der Waals surface area contributed by atoms with Crippen LogP contribution >= 0.6 is 11.6 Å². The molecule has 0 fully saturated rings. The monoisotopic (exact) mass is 274 g/mol. The van der Waals surface area contributed by atoms with Gasteiger partial charge >= 0.3 is 0 Å². The first-order valence-electron chi connectivity index (χ1n) is 5.98. The van der Waals surface area contributed by atoms with Crippen molar-refractivity contribution in [3.05, 3.63) is 52.3 Å². The molecule has 2 aromatic rings. The standard InChI is InChI=1S/C14H11ClN2O2/c15-12-5-9-2-4-19-14(9)11(6-12)7-13(18)10-1-3-16-17-8-10/h1,3,5-6,8H,2,4,7H2. The maximum atomic E-state index is 12.2. The number of hydrogen-bond acceptors (Lipinski definition) is 4. The molecule has 5 heteroatoms. The molecule has 0 N–H and O–H groups in total. The lowest BCUT2D eigenvalue weighted by Crippen LogP contribution is -2.05. The first kappa shape index (κ1) is 12.1. The van der Waals surface area contributed by atoms with E-state index in [4.69, 9.17) is 16.3 Å². The van der Waals surface area contributed by atoms with Crippen molar-refractivity contribution in [3.63, 3.8) is 0 Å². The lowest BCUT2D eigenvalue weighted by Gasteiger charge is -2.08. The average molecular weight is 275 g/mol. The van der Waals surface area contributed by atoms with Gasteiger partial charge in [0.2, 0.25) is 0 Å². The summed E-state index contributed by atoms with van der Waals surface area (Å²) in [6, 6.07) is 5.34. The molecule has 0 spiro atoms. The summed E-state index contributed by atoms with van der Waals surface area (Å²) < 4.78 is 5.58. The van der Waals surface area contributed by atoms with Crippen LogP contribution in [-0.2, 0) is 12.8 Å². The summed E-state index contributed by atoms with van der Waals surface area (Å²) in [5.74, 6) is 0.787. The highest BCUT2D eigenvalue weighted by molar-refractivity contribution is 6.30. The Hall–Kier alpha value is -1.94. The molecule has 0 aliphatic carbocycles. The maximum Gasteiger partial charge on any atom is 0.169 e. The van der Waals surface area contributed by atoms with E-state index in [1.54, 1.807) is 12.1 Å². The summed E-state index contributed by atoms with van der Waals surface area (Å²) in [5, 5.41) is 8.01. The zero-order valence-corrected chi connectivity index (χ0v) is 10.9. The lowest BCUT2D eigenvalue weighted by molar-refractivity contribution is 0.0991. The van der Waals surface area contributed by atoms with Crippen LogP contribution in [0.3, 0.4) is 0 Å². The van der Waals surface area contributed by atoms with Gasteiger partial charge in [0.25, 0.3) is 0 Å². The smallest absolute Gasteiger partial charge is 0.169 e. The first-order chi connectivity index (χ1) is 9.24. The highest BCUT2D eigenvalue weighted by atomic mass is 35.5. The molecule has 0 bridgehead atoms. The fourth-order valence-corrected chi connectivity index (χ4v) is 2.47. The van der Waals surface area contributed by atoms with Crippen molar-refractivity contribution >= 4 is 17.4 Å². The van der Waals surface area contributed by atoms with Crippen LogP contribution in [0, 0.1) is 0 Å². The van der Waals surface area contributed by atoms with Gasteiger partial charge in [-0.25, -0.2) is 0 Å². The van der Waals surface area contributed by atoms with E-state index in [1.165, 1.54) is 12.4 Å². The second-order valence-electron chi connectivity index (χ2n) is 4.38. The molecule has 2 heterocycles. The minimum absolute atomic E-state index is 0.0186. The van der Waals surface area contributed by atoms with Crippen LogP contribution in [0.4, 0.5) is 0 Å². The molecule has 0 atom stereocenters. The van der Waals surface area contributed by atoms with Gasteiger partial charge in [-0.2, -0.15) is 10.2 Å². The lowest BCUT2D eigenvalue weighted by atomic mass is 10.0. The predicted molar refractivity (Wildman–Crippen MR) is 70.7 cm³/mol. The topological polar surface area (TPSA) is 52.1 Å². The Labute approximate surface area is 115 Å². The average Bonchev–Trinajstić information content (AvgIpc) is 2.88. The molecule has 1 aromatic heterocycles. The molecular formula is C14H11ClN2O2. The normalized spacial score (nSPS) is 12.9. The van der Waals surface area contributed by atoms with Gasteiger partial charge in [-0.15, -0.1) is 0 Å². The van der Waals surface area contributed by atoms with E-state index in [0.29, 0.717) is 17.2 Å². The van der Waals surface area contributed by atoms with Crippen LogP contribution in [0.5, 0.6) is 5.75 Å². The quantitative estimate of drug-likeness (QED) is 0.807. The minimum atomic E-state index is -0.0186. The van der Waals surface area contributed by atoms with E-state index in [0.717, 1.165) is 23.3 Å². The van der Waals surface area contributed by atoms with Gasteiger partial charge in [-0.1, -0.05) is 11.6 Å². The number of nitrogens with zero attached hydrogens (tertiary/aromatic N) is 2. The van der Waals surface area contributed by atoms with Crippen molar-refractivity contribution in [2.24, 2.45) is 0 Å². The third-order valence-corrected chi connectivity index (χ3v) is 3.30. The Morgan fingerprint density at radius 3 is 3.05 bits per heavy atom. The van der Waals surface area contributed by atoms with E-state index >= 15 is 0 Å². The summed E-state index contributed by atoms with van der Waals surface area (Å²) in [4.78, 5) is 12.2. The number of ketones is 1. The summed E-state index contributed by atoms with van der Waals surface area (Å²) in [6.07, 6.45) is 4.07. The molecule has 1 aliphatic rings. The molecule has 1 aromatic carbocycles. The van der Waals surface area contributed by atoms with Crippen LogP contribution in [0.15, 0.2) is 30.6 Å². The van der Waals surface area contributed by atoms with Crippen LogP contribution in [0.25, 0.3) is 0 Å². The third-order valence-electron chi connectivity index (χ3n) is 3.08. The largest absolute Gasteiger partial charge is 0.493 e. The summed E-state index contributed by atoms with van der Waals surface area (Å²) >= 11 is 6.07. The number of aromatic nitrogens is 2.